The molecule has 1 radical (unpaired) electrons. The SMILES string of the molecule is Cn1nc(CN(C(=O)OC(C)(C)C)[C@H]2CC[C@@H](F)C2)c(CO)c1-c1cc(F)cc(F)c1.[Na]. The molecule has 2 aromatic rings. The number of alkyl halides is 1. The number of aliphatic hydroxyl groups is 1. The molecular weight excluding hydrogens is 434 g/mol. The summed E-state index contributed by atoms with van der Waals surface area (Å²) < 4.78 is 48.3. The zero-order valence-corrected chi connectivity index (χ0v) is 21.2. The van der Waals surface area contributed by atoms with E-state index in [1.54, 1.807) is 27.8 Å². The fourth-order valence-electron chi connectivity index (χ4n) is 3.98. The summed E-state index contributed by atoms with van der Waals surface area (Å²) in [7, 11) is 1.59. The Labute approximate surface area is 208 Å². The first-order valence-electron chi connectivity index (χ1n) is 10.2. The molecule has 1 aliphatic rings. The smallest absolute Gasteiger partial charge is 0.410 e. The number of halogens is 3. The predicted molar refractivity (Wildman–Crippen MR) is 115 cm³/mol. The molecule has 32 heavy (non-hydrogen) atoms. The van der Waals surface area contributed by atoms with Gasteiger partial charge in [0.05, 0.1) is 24.5 Å². The predicted octanol–water partition coefficient (Wildman–Crippen LogP) is 4.10. The summed E-state index contributed by atoms with van der Waals surface area (Å²) in [6.07, 6.45) is -0.555. The maximum absolute atomic E-state index is 13.9. The van der Waals surface area contributed by atoms with Gasteiger partial charge < -0.3 is 9.84 Å². The first-order chi connectivity index (χ1) is 14.5. The molecule has 1 aliphatic carbocycles. The van der Waals surface area contributed by atoms with Gasteiger partial charge in [0.15, 0.2) is 0 Å². The molecule has 1 aromatic carbocycles. The maximum Gasteiger partial charge on any atom is 0.410 e. The van der Waals surface area contributed by atoms with Gasteiger partial charge in [-0.15, -0.1) is 0 Å². The van der Waals surface area contributed by atoms with Crippen LogP contribution in [0.4, 0.5) is 18.0 Å². The Morgan fingerprint density at radius 3 is 2.38 bits per heavy atom. The Kier molecular flexibility index (Phi) is 8.83. The summed E-state index contributed by atoms with van der Waals surface area (Å²) in [5.41, 5.74) is 0.525. The summed E-state index contributed by atoms with van der Waals surface area (Å²) in [4.78, 5) is 14.3. The molecule has 3 rings (SSSR count). The second-order valence-electron chi connectivity index (χ2n) is 8.89. The van der Waals surface area contributed by atoms with Gasteiger partial charge in [0.1, 0.15) is 23.4 Å². The van der Waals surface area contributed by atoms with Crippen LogP contribution >= 0.6 is 0 Å². The Morgan fingerprint density at radius 2 is 1.88 bits per heavy atom. The zero-order valence-electron chi connectivity index (χ0n) is 19.2. The second-order valence-corrected chi connectivity index (χ2v) is 8.89. The molecule has 10 heteroatoms. The van der Waals surface area contributed by atoms with E-state index in [1.165, 1.54) is 9.58 Å². The fraction of sp³-hybridized carbons (Fsp3) is 0.545. The first-order valence-corrected chi connectivity index (χ1v) is 10.2. The van der Waals surface area contributed by atoms with Crippen LogP contribution in [0.15, 0.2) is 18.2 Å². The molecule has 0 aliphatic heterocycles. The molecule has 2 atom stereocenters. The summed E-state index contributed by atoms with van der Waals surface area (Å²) >= 11 is 0. The van der Waals surface area contributed by atoms with Crippen molar-refractivity contribution in [2.24, 2.45) is 7.05 Å². The van der Waals surface area contributed by atoms with E-state index < -0.39 is 36.1 Å². The summed E-state index contributed by atoms with van der Waals surface area (Å²) in [5.74, 6) is -1.51. The number of aromatic nitrogens is 2. The number of aliphatic hydroxyl groups excluding tert-OH is 1. The average Bonchev–Trinajstić information content (AvgIpc) is 3.19. The number of nitrogens with zero attached hydrogens (tertiary/aromatic N) is 3. The standard InChI is InChI=1S/C22H28F3N3O3.Na/c1-22(2,3)31-21(30)28(17-6-5-14(23)10-17)11-19-18(12-29)20(27(4)26-19)13-7-15(24)9-16(25)8-13;/h7-9,14,17,29H,5-6,10-12H2,1-4H3;/t14-,17+;/m1./s1. The minimum Gasteiger partial charge on any atom is -0.444 e. The van der Waals surface area contributed by atoms with E-state index in [2.05, 4.69) is 5.10 Å². The van der Waals surface area contributed by atoms with Crippen molar-refractivity contribution < 1.29 is 27.8 Å². The molecule has 1 heterocycles. The zero-order chi connectivity index (χ0) is 22.9. The molecule has 6 nitrogen and oxygen atoms in total. The number of ether oxygens (including phenoxy) is 1. The molecule has 1 amide bonds. The summed E-state index contributed by atoms with van der Waals surface area (Å²) in [6, 6.07) is 2.70. The van der Waals surface area contributed by atoms with Gasteiger partial charge >= 0.3 is 6.09 Å². The van der Waals surface area contributed by atoms with E-state index in [1.807, 2.05) is 0 Å². The van der Waals surface area contributed by atoms with Gasteiger partial charge in [-0.05, 0) is 52.2 Å². The van der Waals surface area contributed by atoms with Crippen molar-refractivity contribution in [1.82, 2.24) is 14.7 Å². The molecule has 1 saturated carbocycles. The largest absolute Gasteiger partial charge is 0.444 e. The van der Waals surface area contributed by atoms with Crippen LogP contribution in [0.3, 0.4) is 0 Å². The molecular formula is C22H28F3N3NaO3. The van der Waals surface area contributed by atoms with Gasteiger partial charge in [0.25, 0.3) is 0 Å². The van der Waals surface area contributed by atoms with E-state index in [0.717, 1.165) is 18.2 Å². The molecule has 0 bridgehead atoms. The summed E-state index contributed by atoms with van der Waals surface area (Å²) in [6.45, 7) is 4.76. The summed E-state index contributed by atoms with van der Waals surface area (Å²) in [5, 5.41) is 14.4. The number of aryl methyl sites for hydroxylation is 1. The van der Waals surface area contributed by atoms with Gasteiger partial charge in [-0.2, -0.15) is 5.10 Å². The molecule has 1 N–H and O–H groups in total. The van der Waals surface area contributed by atoms with Crippen molar-refractivity contribution in [3.05, 3.63) is 41.1 Å². The Morgan fingerprint density at radius 1 is 1.25 bits per heavy atom. The van der Waals surface area contributed by atoms with E-state index in [0.29, 0.717) is 29.8 Å². The third-order valence-electron chi connectivity index (χ3n) is 5.25. The van der Waals surface area contributed by atoms with Crippen LogP contribution in [0.5, 0.6) is 0 Å². The number of amides is 1. The van der Waals surface area contributed by atoms with Crippen molar-refractivity contribution in [1.29, 1.82) is 0 Å². The molecule has 1 aromatic heterocycles. The molecule has 0 saturated heterocycles. The van der Waals surface area contributed by atoms with Crippen LogP contribution in [-0.4, -0.2) is 73.3 Å². The third kappa shape index (κ3) is 6.27. The second kappa shape index (κ2) is 10.6. The monoisotopic (exact) mass is 462 g/mol. The van der Waals surface area contributed by atoms with Crippen LogP contribution in [0.25, 0.3) is 11.3 Å². The van der Waals surface area contributed by atoms with Gasteiger partial charge in [-0.1, -0.05) is 0 Å². The van der Waals surface area contributed by atoms with Gasteiger partial charge in [-0.25, -0.2) is 18.0 Å². The number of hydrogen-bond donors (Lipinski definition) is 1. The first kappa shape index (κ1) is 26.7. The van der Waals surface area contributed by atoms with Crippen molar-refractivity contribution >= 4 is 35.7 Å². The van der Waals surface area contributed by atoms with Crippen molar-refractivity contribution in [3.63, 3.8) is 0 Å². The normalized spacial score (nSPS) is 18.4. The van der Waals surface area contributed by atoms with Crippen LogP contribution in [-0.2, 0) is 24.9 Å². The van der Waals surface area contributed by atoms with Crippen LogP contribution in [0.1, 0.15) is 51.3 Å². The topological polar surface area (TPSA) is 67.6 Å². The molecule has 0 spiro atoms. The number of carbonyl (C=O) groups excluding carboxylic acids is 1. The average molecular weight is 462 g/mol. The minimum atomic E-state index is -0.998. The quantitative estimate of drug-likeness (QED) is 0.680. The van der Waals surface area contributed by atoms with E-state index in [4.69, 9.17) is 4.74 Å². The van der Waals surface area contributed by atoms with Gasteiger partial charge in [0, 0.05) is 59.8 Å². The van der Waals surface area contributed by atoms with Crippen molar-refractivity contribution in [2.75, 3.05) is 0 Å². The van der Waals surface area contributed by atoms with Crippen molar-refractivity contribution in [2.45, 2.75) is 71.0 Å². The number of rotatable bonds is 5. The number of hydrogen-bond acceptors (Lipinski definition) is 4. The van der Waals surface area contributed by atoms with Crippen LogP contribution in [0.2, 0.25) is 0 Å². The van der Waals surface area contributed by atoms with E-state index in [-0.39, 0.29) is 54.1 Å². The van der Waals surface area contributed by atoms with E-state index in [9.17, 15) is 23.1 Å². The van der Waals surface area contributed by atoms with Crippen molar-refractivity contribution in [3.8, 4) is 11.3 Å². The van der Waals surface area contributed by atoms with Gasteiger partial charge in [0.2, 0.25) is 0 Å². The van der Waals surface area contributed by atoms with Crippen LogP contribution in [0, 0.1) is 11.6 Å². The Bertz CT molecular complexity index is 942. The molecule has 0 unspecified atom stereocenters. The number of benzene rings is 1. The third-order valence-corrected chi connectivity index (χ3v) is 5.25. The Balaban J connectivity index is 0.00000363. The molecule has 1 fully saturated rings. The van der Waals surface area contributed by atoms with Crippen LogP contribution < -0.4 is 0 Å². The molecule has 171 valence electrons. The van der Waals surface area contributed by atoms with E-state index >= 15 is 0 Å². The Hall–Kier alpha value is -1.55. The maximum atomic E-state index is 13.9. The minimum absolute atomic E-state index is 0. The fourth-order valence-corrected chi connectivity index (χ4v) is 3.98. The van der Waals surface area contributed by atoms with Gasteiger partial charge in [-0.3, -0.25) is 9.58 Å². The number of carbonyl (C=O) groups is 1.